The van der Waals surface area contributed by atoms with Gasteiger partial charge >= 0.3 is 12.1 Å². The van der Waals surface area contributed by atoms with Crippen LogP contribution in [0, 0.1) is 5.92 Å². The summed E-state index contributed by atoms with van der Waals surface area (Å²) in [5.41, 5.74) is -0.889. The van der Waals surface area contributed by atoms with E-state index in [2.05, 4.69) is 16.0 Å². The molecule has 0 aromatic rings. The van der Waals surface area contributed by atoms with E-state index in [0.29, 0.717) is 6.42 Å². The fourth-order valence-corrected chi connectivity index (χ4v) is 4.42. The van der Waals surface area contributed by atoms with Crippen molar-refractivity contribution < 1.29 is 19.2 Å². The Labute approximate surface area is 153 Å². The third-order valence-corrected chi connectivity index (χ3v) is 6.00. The van der Waals surface area contributed by atoms with Gasteiger partial charge in [-0.05, 0) is 31.6 Å². The predicted octanol–water partition coefficient (Wildman–Crippen LogP) is 1.65. The van der Waals surface area contributed by atoms with Crippen LogP contribution in [0.2, 0.25) is 0 Å². The molecule has 0 aromatic carbocycles. The SMILES string of the molecule is C[C@H]1CCCC[C@]12NC(=O)N(CC(=O)NC(=O)NC1CCCCC1)C2=O. The molecule has 2 saturated carbocycles. The van der Waals surface area contributed by atoms with E-state index < -0.39 is 30.1 Å². The summed E-state index contributed by atoms with van der Waals surface area (Å²) in [7, 11) is 0. The van der Waals surface area contributed by atoms with E-state index in [4.69, 9.17) is 0 Å². The van der Waals surface area contributed by atoms with Crippen LogP contribution in [-0.2, 0) is 9.59 Å². The molecule has 8 nitrogen and oxygen atoms in total. The van der Waals surface area contributed by atoms with Crippen LogP contribution < -0.4 is 16.0 Å². The molecule has 3 rings (SSSR count). The van der Waals surface area contributed by atoms with Gasteiger partial charge in [-0.1, -0.05) is 39.0 Å². The first-order chi connectivity index (χ1) is 12.4. The van der Waals surface area contributed by atoms with Crippen LogP contribution in [0.5, 0.6) is 0 Å². The largest absolute Gasteiger partial charge is 0.335 e. The quantitative estimate of drug-likeness (QED) is 0.662. The fraction of sp³-hybridized carbons (Fsp3) is 0.778. The van der Waals surface area contributed by atoms with Crippen molar-refractivity contribution in [2.45, 2.75) is 76.3 Å². The van der Waals surface area contributed by atoms with Crippen LogP contribution in [0.4, 0.5) is 9.59 Å². The summed E-state index contributed by atoms with van der Waals surface area (Å²) >= 11 is 0. The highest BCUT2D eigenvalue weighted by Gasteiger charge is 2.55. The van der Waals surface area contributed by atoms with E-state index in [0.717, 1.165) is 49.8 Å². The van der Waals surface area contributed by atoms with Gasteiger partial charge in [0.25, 0.3) is 5.91 Å². The van der Waals surface area contributed by atoms with Crippen LogP contribution in [0.3, 0.4) is 0 Å². The van der Waals surface area contributed by atoms with E-state index in [9.17, 15) is 19.2 Å². The topological polar surface area (TPSA) is 108 Å². The summed E-state index contributed by atoms with van der Waals surface area (Å²) in [4.78, 5) is 50.1. The summed E-state index contributed by atoms with van der Waals surface area (Å²) in [5, 5.41) is 7.82. The maximum atomic E-state index is 12.8. The van der Waals surface area contributed by atoms with Gasteiger partial charge < -0.3 is 10.6 Å². The van der Waals surface area contributed by atoms with Gasteiger partial charge in [-0.15, -0.1) is 0 Å². The van der Waals surface area contributed by atoms with Gasteiger partial charge in [-0.2, -0.15) is 0 Å². The van der Waals surface area contributed by atoms with Gasteiger partial charge in [0.2, 0.25) is 5.91 Å². The van der Waals surface area contributed by atoms with E-state index in [1.807, 2.05) is 6.92 Å². The van der Waals surface area contributed by atoms with Crippen LogP contribution in [0.1, 0.15) is 64.7 Å². The molecule has 1 heterocycles. The lowest BCUT2D eigenvalue weighted by Crippen LogP contribution is -2.54. The van der Waals surface area contributed by atoms with Crippen LogP contribution in [0.25, 0.3) is 0 Å². The molecule has 1 spiro atoms. The molecule has 6 amide bonds. The van der Waals surface area contributed by atoms with E-state index in [-0.39, 0.29) is 17.9 Å². The summed E-state index contributed by atoms with van der Waals surface area (Å²) in [6.07, 6.45) is 8.52. The lowest BCUT2D eigenvalue weighted by molar-refractivity contribution is -0.137. The van der Waals surface area contributed by atoms with E-state index in [1.165, 1.54) is 6.42 Å². The molecule has 144 valence electrons. The number of hydrogen-bond acceptors (Lipinski definition) is 4. The highest BCUT2D eigenvalue weighted by molar-refractivity contribution is 6.10. The maximum absolute atomic E-state index is 12.8. The number of hydrogen-bond donors (Lipinski definition) is 3. The molecule has 2 atom stereocenters. The van der Waals surface area contributed by atoms with Crippen molar-refractivity contribution in [3.05, 3.63) is 0 Å². The van der Waals surface area contributed by atoms with Gasteiger partial charge in [-0.3, -0.25) is 19.8 Å². The molecule has 2 aliphatic carbocycles. The van der Waals surface area contributed by atoms with Crippen LogP contribution in [-0.4, -0.2) is 46.9 Å². The minimum absolute atomic E-state index is 0.0374. The van der Waals surface area contributed by atoms with Crippen molar-refractivity contribution in [3.8, 4) is 0 Å². The number of imide groups is 2. The minimum Gasteiger partial charge on any atom is -0.335 e. The van der Waals surface area contributed by atoms with Crippen LogP contribution >= 0.6 is 0 Å². The average molecular weight is 364 g/mol. The Morgan fingerprint density at radius 1 is 1.12 bits per heavy atom. The summed E-state index contributed by atoms with van der Waals surface area (Å²) in [5.74, 6) is -0.963. The first kappa shape index (κ1) is 18.7. The highest BCUT2D eigenvalue weighted by Crippen LogP contribution is 2.38. The number of urea groups is 2. The second-order valence-corrected chi connectivity index (χ2v) is 7.80. The Kier molecular flexibility index (Phi) is 5.48. The normalized spacial score (nSPS) is 29.6. The fourth-order valence-electron chi connectivity index (χ4n) is 4.42. The van der Waals surface area contributed by atoms with Gasteiger partial charge in [0, 0.05) is 6.04 Å². The Hall–Kier alpha value is -2.12. The van der Waals surface area contributed by atoms with Gasteiger partial charge in [0.15, 0.2) is 0 Å². The van der Waals surface area contributed by atoms with Gasteiger partial charge in [0.05, 0.1) is 0 Å². The molecular weight excluding hydrogens is 336 g/mol. The molecular formula is C18H28N4O4. The zero-order valence-electron chi connectivity index (χ0n) is 15.3. The maximum Gasteiger partial charge on any atom is 0.325 e. The number of amides is 6. The van der Waals surface area contributed by atoms with Gasteiger partial charge in [0.1, 0.15) is 12.1 Å². The lowest BCUT2D eigenvalue weighted by Gasteiger charge is -2.36. The van der Waals surface area contributed by atoms with Gasteiger partial charge in [-0.25, -0.2) is 9.59 Å². The van der Waals surface area contributed by atoms with Crippen molar-refractivity contribution in [2.24, 2.45) is 5.92 Å². The molecule has 8 heteroatoms. The number of carbonyl (C=O) groups is 4. The molecule has 0 radical (unpaired) electrons. The standard InChI is InChI=1S/C18H28N4O4/c1-12-7-5-6-10-18(12)15(24)22(17(26)21-18)11-14(23)20-16(25)19-13-8-3-2-4-9-13/h12-13H,2-11H2,1H3,(H,21,26)(H2,19,20,23,25)/t12-,18-/m0/s1. The molecule has 26 heavy (non-hydrogen) atoms. The van der Waals surface area contributed by atoms with Crippen molar-refractivity contribution in [1.82, 2.24) is 20.9 Å². The zero-order valence-corrected chi connectivity index (χ0v) is 15.3. The molecule has 0 bridgehead atoms. The molecule has 3 aliphatic rings. The van der Waals surface area contributed by atoms with Crippen molar-refractivity contribution in [3.63, 3.8) is 0 Å². The van der Waals surface area contributed by atoms with Crippen LogP contribution in [0.15, 0.2) is 0 Å². The highest BCUT2D eigenvalue weighted by atomic mass is 16.2. The Balaban J connectivity index is 1.54. The number of nitrogens with zero attached hydrogens (tertiary/aromatic N) is 1. The van der Waals surface area contributed by atoms with E-state index in [1.54, 1.807) is 0 Å². The lowest BCUT2D eigenvalue weighted by atomic mass is 9.73. The molecule has 0 unspecified atom stereocenters. The summed E-state index contributed by atoms with van der Waals surface area (Å²) in [6, 6.07) is -1.03. The smallest absolute Gasteiger partial charge is 0.325 e. The first-order valence-electron chi connectivity index (χ1n) is 9.67. The third kappa shape index (κ3) is 3.68. The van der Waals surface area contributed by atoms with Crippen molar-refractivity contribution in [2.75, 3.05) is 6.54 Å². The summed E-state index contributed by atoms with van der Waals surface area (Å²) < 4.78 is 0. The zero-order chi connectivity index (χ0) is 18.7. The number of rotatable bonds is 3. The Bertz CT molecular complexity index is 602. The summed E-state index contributed by atoms with van der Waals surface area (Å²) in [6.45, 7) is 1.52. The van der Waals surface area contributed by atoms with Crippen molar-refractivity contribution >= 4 is 23.9 Å². The number of carbonyl (C=O) groups excluding carboxylic acids is 4. The monoisotopic (exact) mass is 364 g/mol. The molecule has 1 aliphatic heterocycles. The second kappa shape index (κ2) is 7.63. The minimum atomic E-state index is -0.889. The predicted molar refractivity (Wildman–Crippen MR) is 94.2 cm³/mol. The second-order valence-electron chi connectivity index (χ2n) is 7.80. The molecule has 3 N–H and O–H groups in total. The molecule has 1 saturated heterocycles. The average Bonchev–Trinajstić information content (AvgIpc) is 2.83. The first-order valence-corrected chi connectivity index (χ1v) is 9.67. The van der Waals surface area contributed by atoms with E-state index >= 15 is 0 Å². The Morgan fingerprint density at radius 2 is 1.81 bits per heavy atom. The van der Waals surface area contributed by atoms with Crippen molar-refractivity contribution in [1.29, 1.82) is 0 Å². The number of nitrogens with one attached hydrogen (secondary N) is 3. The molecule has 3 fully saturated rings. The third-order valence-electron chi connectivity index (χ3n) is 6.00. The Morgan fingerprint density at radius 3 is 2.50 bits per heavy atom. The molecule has 0 aromatic heterocycles.